The van der Waals surface area contributed by atoms with Gasteiger partial charge in [0, 0.05) is 0 Å². The van der Waals surface area contributed by atoms with Crippen LogP contribution in [0, 0.1) is 22.7 Å². The molecule has 0 saturated heterocycles. The van der Waals surface area contributed by atoms with Gasteiger partial charge in [0.15, 0.2) is 0 Å². The van der Waals surface area contributed by atoms with E-state index >= 15 is 0 Å². The predicted octanol–water partition coefficient (Wildman–Crippen LogP) is 4.17. The van der Waals surface area contributed by atoms with Crippen molar-refractivity contribution in [1.82, 2.24) is 0 Å². The van der Waals surface area contributed by atoms with Gasteiger partial charge in [-0.25, -0.2) is 0 Å². The van der Waals surface area contributed by atoms with Crippen molar-refractivity contribution < 1.29 is 0 Å². The third-order valence-corrected chi connectivity index (χ3v) is 6.02. The monoisotopic (exact) mass is 190 g/mol. The minimum Gasteiger partial charge on any atom is -0.0847 e. The molecule has 3 fully saturated rings. The van der Waals surface area contributed by atoms with Gasteiger partial charge in [-0.05, 0) is 54.8 Å². The average Bonchev–Trinajstić information content (AvgIpc) is 2.57. The van der Waals surface area contributed by atoms with E-state index in [4.69, 9.17) is 0 Å². The van der Waals surface area contributed by atoms with Crippen LogP contribution < -0.4 is 0 Å². The molecule has 0 aromatic heterocycles. The summed E-state index contributed by atoms with van der Waals surface area (Å²) in [5.41, 5.74) is 3.10. The summed E-state index contributed by atoms with van der Waals surface area (Å²) in [7, 11) is 0. The zero-order valence-corrected chi connectivity index (χ0v) is 9.77. The van der Waals surface area contributed by atoms with Crippen LogP contribution in [0.5, 0.6) is 0 Å². The van der Waals surface area contributed by atoms with Crippen LogP contribution in [0.2, 0.25) is 0 Å². The molecule has 0 amide bonds. The molecule has 0 heteroatoms. The first-order valence-corrected chi connectivity index (χ1v) is 6.27. The van der Waals surface area contributed by atoms with Crippen molar-refractivity contribution in [1.29, 1.82) is 0 Å². The SMILES string of the molecule is C[C@@H]1C23CCC=C2CC(CC3)C1(C)C. The molecular weight excluding hydrogens is 168 g/mol. The number of allylic oxidation sites excluding steroid dienone is 2. The molecular formula is C14H22. The standard InChI is InChI=1S/C14H22/c1-10-13(2,3)11-6-8-14(10)7-4-5-12(14)9-11/h5,10-11H,4,6-9H2,1-3H3/t10-,11?,14?/m0/s1. The molecule has 4 rings (SSSR count). The van der Waals surface area contributed by atoms with Crippen LogP contribution in [0.3, 0.4) is 0 Å². The third kappa shape index (κ3) is 0.816. The largest absolute Gasteiger partial charge is 0.0847 e. The van der Waals surface area contributed by atoms with E-state index in [1.807, 2.05) is 5.57 Å². The highest BCUT2D eigenvalue weighted by atomic mass is 14.6. The molecule has 0 aromatic carbocycles. The van der Waals surface area contributed by atoms with Gasteiger partial charge >= 0.3 is 0 Å². The molecule has 2 unspecified atom stereocenters. The van der Waals surface area contributed by atoms with Gasteiger partial charge in [0.25, 0.3) is 0 Å². The van der Waals surface area contributed by atoms with E-state index in [-0.39, 0.29) is 0 Å². The zero-order chi connectivity index (χ0) is 9.97. The van der Waals surface area contributed by atoms with Crippen molar-refractivity contribution in [2.45, 2.75) is 52.9 Å². The molecule has 14 heavy (non-hydrogen) atoms. The van der Waals surface area contributed by atoms with E-state index in [9.17, 15) is 0 Å². The first kappa shape index (κ1) is 9.00. The first-order valence-electron chi connectivity index (χ1n) is 6.27. The highest BCUT2D eigenvalue weighted by molar-refractivity contribution is 5.29. The first-order chi connectivity index (χ1) is 6.57. The Bertz CT molecular complexity index is 297. The van der Waals surface area contributed by atoms with Crippen molar-refractivity contribution in [3.63, 3.8) is 0 Å². The molecule has 2 bridgehead atoms. The Kier molecular flexibility index (Phi) is 1.58. The van der Waals surface area contributed by atoms with E-state index in [1.54, 1.807) is 0 Å². The Morgan fingerprint density at radius 1 is 1.29 bits per heavy atom. The highest BCUT2D eigenvalue weighted by Gasteiger charge is 2.57. The van der Waals surface area contributed by atoms with Gasteiger partial charge in [-0.3, -0.25) is 0 Å². The summed E-state index contributed by atoms with van der Waals surface area (Å²) in [5, 5.41) is 0. The molecule has 3 atom stereocenters. The normalized spacial score (nSPS) is 48.9. The molecule has 0 heterocycles. The maximum atomic E-state index is 2.57. The quantitative estimate of drug-likeness (QED) is 0.503. The number of fused-ring (bicyclic) bond motifs is 2. The van der Waals surface area contributed by atoms with Gasteiger partial charge in [-0.15, -0.1) is 0 Å². The second-order valence-corrected chi connectivity index (χ2v) is 6.41. The molecule has 0 N–H and O–H groups in total. The van der Waals surface area contributed by atoms with Crippen LogP contribution in [-0.4, -0.2) is 0 Å². The summed E-state index contributed by atoms with van der Waals surface area (Å²) < 4.78 is 0. The van der Waals surface area contributed by atoms with Crippen LogP contribution in [0.1, 0.15) is 52.9 Å². The van der Waals surface area contributed by atoms with Gasteiger partial charge < -0.3 is 0 Å². The fourth-order valence-corrected chi connectivity index (χ4v) is 4.65. The Morgan fingerprint density at radius 3 is 2.86 bits per heavy atom. The van der Waals surface area contributed by atoms with E-state index in [1.165, 1.54) is 32.1 Å². The lowest BCUT2D eigenvalue weighted by atomic mass is 9.44. The summed E-state index contributed by atoms with van der Waals surface area (Å²) in [4.78, 5) is 0. The Hall–Kier alpha value is -0.260. The summed E-state index contributed by atoms with van der Waals surface area (Å²) in [5.74, 6) is 1.89. The van der Waals surface area contributed by atoms with E-state index in [0.717, 1.165) is 11.8 Å². The summed E-state index contributed by atoms with van der Waals surface area (Å²) in [6.07, 6.45) is 9.81. The minimum absolute atomic E-state index is 0.597. The Morgan fingerprint density at radius 2 is 2.07 bits per heavy atom. The maximum Gasteiger partial charge on any atom is -0.00541 e. The topological polar surface area (TPSA) is 0 Å². The Labute approximate surface area is 87.8 Å². The molecule has 0 nitrogen and oxygen atoms in total. The van der Waals surface area contributed by atoms with Crippen molar-refractivity contribution in [3.05, 3.63) is 11.6 Å². The molecule has 1 spiro atoms. The molecule has 3 saturated carbocycles. The van der Waals surface area contributed by atoms with E-state index in [2.05, 4.69) is 26.8 Å². The molecule has 0 radical (unpaired) electrons. The van der Waals surface area contributed by atoms with Crippen LogP contribution >= 0.6 is 0 Å². The van der Waals surface area contributed by atoms with Crippen LogP contribution in [-0.2, 0) is 0 Å². The predicted molar refractivity (Wildman–Crippen MR) is 60.0 cm³/mol. The second kappa shape index (κ2) is 2.46. The van der Waals surface area contributed by atoms with Crippen LogP contribution in [0.15, 0.2) is 11.6 Å². The average molecular weight is 190 g/mol. The summed E-state index contributed by atoms with van der Waals surface area (Å²) >= 11 is 0. The van der Waals surface area contributed by atoms with E-state index in [0.29, 0.717) is 10.8 Å². The smallest absolute Gasteiger partial charge is 0.00541 e. The van der Waals surface area contributed by atoms with Crippen LogP contribution in [0.25, 0.3) is 0 Å². The lowest BCUT2D eigenvalue weighted by Crippen LogP contribution is -2.52. The summed E-state index contributed by atoms with van der Waals surface area (Å²) in [6, 6.07) is 0. The van der Waals surface area contributed by atoms with E-state index < -0.39 is 0 Å². The number of hydrogen-bond donors (Lipinski definition) is 0. The fraction of sp³-hybridized carbons (Fsp3) is 0.857. The van der Waals surface area contributed by atoms with Crippen molar-refractivity contribution in [2.75, 3.05) is 0 Å². The second-order valence-electron chi connectivity index (χ2n) is 6.41. The molecule has 4 aliphatic carbocycles. The third-order valence-electron chi connectivity index (χ3n) is 6.02. The molecule has 0 aliphatic heterocycles. The number of rotatable bonds is 0. The Balaban J connectivity index is 2.09. The van der Waals surface area contributed by atoms with Gasteiger partial charge in [-0.2, -0.15) is 0 Å². The lowest BCUT2D eigenvalue weighted by Gasteiger charge is -2.60. The molecule has 78 valence electrons. The molecule has 0 aromatic rings. The van der Waals surface area contributed by atoms with Crippen molar-refractivity contribution in [3.8, 4) is 0 Å². The lowest BCUT2D eigenvalue weighted by molar-refractivity contribution is -0.0591. The molecule has 4 aliphatic rings. The van der Waals surface area contributed by atoms with Gasteiger partial charge in [-0.1, -0.05) is 32.4 Å². The summed E-state index contributed by atoms with van der Waals surface area (Å²) in [6.45, 7) is 7.54. The minimum atomic E-state index is 0.597. The maximum absolute atomic E-state index is 2.57. The van der Waals surface area contributed by atoms with Crippen molar-refractivity contribution in [2.24, 2.45) is 22.7 Å². The van der Waals surface area contributed by atoms with Gasteiger partial charge in [0.2, 0.25) is 0 Å². The van der Waals surface area contributed by atoms with Gasteiger partial charge in [0.05, 0.1) is 0 Å². The highest BCUT2D eigenvalue weighted by Crippen LogP contribution is 2.67. The van der Waals surface area contributed by atoms with Crippen molar-refractivity contribution >= 4 is 0 Å². The fourth-order valence-electron chi connectivity index (χ4n) is 4.65. The van der Waals surface area contributed by atoms with Gasteiger partial charge in [0.1, 0.15) is 0 Å². The van der Waals surface area contributed by atoms with Crippen LogP contribution in [0.4, 0.5) is 0 Å². The zero-order valence-electron chi connectivity index (χ0n) is 9.77. The number of hydrogen-bond acceptors (Lipinski definition) is 0.